The lowest BCUT2D eigenvalue weighted by molar-refractivity contribution is 0.174. The molecule has 0 atom stereocenters. The molecule has 5 nitrogen and oxygen atoms in total. The summed E-state index contributed by atoms with van der Waals surface area (Å²) in [6.45, 7) is 0.207. The smallest absolute Gasteiger partial charge is 0.231 e. The van der Waals surface area contributed by atoms with Crippen molar-refractivity contribution in [3.63, 3.8) is 0 Å². The number of benzene rings is 3. The van der Waals surface area contributed by atoms with Crippen LogP contribution in [0, 0.1) is 0 Å². The number of rotatable bonds is 3. The molecule has 0 unspecified atom stereocenters. The molecule has 0 bridgehead atoms. The molecule has 0 aliphatic carbocycles. The number of fused-ring (bicyclic) bond motifs is 2. The number of aliphatic imine (C=N–C) groups is 1. The molecule has 0 saturated carbocycles. The van der Waals surface area contributed by atoms with Gasteiger partial charge in [-0.3, -0.25) is 4.99 Å². The van der Waals surface area contributed by atoms with Crippen LogP contribution in [0.15, 0.2) is 70.1 Å². The van der Waals surface area contributed by atoms with E-state index in [-0.39, 0.29) is 6.79 Å². The Morgan fingerprint density at radius 2 is 1.78 bits per heavy atom. The average Bonchev–Trinajstić information content (AvgIpc) is 3.32. The molecule has 3 aromatic carbocycles. The zero-order chi connectivity index (χ0) is 18.2. The van der Waals surface area contributed by atoms with Crippen molar-refractivity contribution < 1.29 is 13.9 Å². The summed E-state index contributed by atoms with van der Waals surface area (Å²) in [5, 5.41) is 0.553. The molecule has 1 aliphatic rings. The predicted octanol–water partition coefficient (Wildman–Crippen LogP) is 5.63. The molecular weight excluding hydrogens is 364 g/mol. The third-order valence-electron chi connectivity index (χ3n) is 4.24. The van der Waals surface area contributed by atoms with Gasteiger partial charge in [0.1, 0.15) is 5.52 Å². The van der Waals surface area contributed by atoms with Crippen LogP contribution in [0.4, 0.5) is 5.69 Å². The normalized spacial score (nSPS) is 12.9. The molecule has 0 fully saturated rings. The first kappa shape index (κ1) is 15.9. The van der Waals surface area contributed by atoms with Crippen LogP contribution in [-0.2, 0) is 0 Å². The van der Waals surface area contributed by atoms with E-state index in [1.54, 1.807) is 12.3 Å². The molecule has 6 heteroatoms. The van der Waals surface area contributed by atoms with Gasteiger partial charge in [0.2, 0.25) is 12.7 Å². The number of aromatic nitrogens is 1. The van der Waals surface area contributed by atoms with Crippen LogP contribution in [0.5, 0.6) is 11.5 Å². The van der Waals surface area contributed by atoms with Gasteiger partial charge in [-0.25, -0.2) is 4.98 Å². The van der Waals surface area contributed by atoms with Crippen molar-refractivity contribution in [3.8, 4) is 23.0 Å². The van der Waals surface area contributed by atoms with E-state index >= 15 is 0 Å². The molecule has 0 amide bonds. The van der Waals surface area contributed by atoms with Crippen LogP contribution < -0.4 is 9.47 Å². The second-order valence-electron chi connectivity index (χ2n) is 6.02. The fourth-order valence-electron chi connectivity index (χ4n) is 2.88. The number of ether oxygens (including phenoxy) is 2. The fraction of sp³-hybridized carbons (Fsp3) is 0.0476. The van der Waals surface area contributed by atoms with Crippen LogP contribution in [-0.4, -0.2) is 18.0 Å². The standard InChI is InChI=1S/C21H13ClN2O3/c22-16-10-20-19(25-12-26-20)8-14(16)11-23-15-6-7-18-17(9-15)24-21(27-18)13-4-2-1-3-5-13/h1-11H,12H2. The molecule has 4 aromatic rings. The van der Waals surface area contributed by atoms with Gasteiger partial charge >= 0.3 is 0 Å². The topological polar surface area (TPSA) is 56.9 Å². The summed E-state index contributed by atoms with van der Waals surface area (Å²) in [6.07, 6.45) is 1.70. The van der Waals surface area contributed by atoms with E-state index < -0.39 is 0 Å². The summed E-state index contributed by atoms with van der Waals surface area (Å²) in [6, 6.07) is 19.0. The number of oxazole rings is 1. The quantitative estimate of drug-likeness (QED) is 0.435. The van der Waals surface area contributed by atoms with Crippen LogP contribution in [0.3, 0.4) is 0 Å². The Kier molecular flexibility index (Phi) is 3.80. The third-order valence-corrected chi connectivity index (χ3v) is 4.56. The van der Waals surface area contributed by atoms with Gasteiger partial charge in [-0.1, -0.05) is 29.8 Å². The number of hydrogen-bond acceptors (Lipinski definition) is 5. The second-order valence-corrected chi connectivity index (χ2v) is 6.43. The van der Waals surface area contributed by atoms with Gasteiger partial charge in [0, 0.05) is 23.4 Å². The average molecular weight is 377 g/mol. The molecule has 0 N–H and O–H groups in total. The van der Waals surface area contributed by atoms with Crippen molar-refractivity contribution in [2.75, 3.05) is 6.79 Å². The summed E-state index contributed by atoms with van der Waals surface area (Å²) in [5.74, 6) is 1.90. The highest BCUT2D eigenvalue weighted by Crippen LogP contribution is 2.36. The van der Waals surface area contributed by atoms with E-state index in [2.05, 4.69) is 9.98 Å². The van der Waals surface area contributed by atoms with Crippen molar-refractivity contribution in [2.45, 2.75) is 0 Å². The highest BCUT2D eigenvalue weighted by molar-refractivity contribution is 6.33. The summed E-state index contributed by atoms with van der Waals surface area (Å²) < 4.78 is 16.5. The Bertz CT molecular complexity index is 1170. The second kappa shape index (κ2) is 6.45. The van der Waals surface area contributed by atoms with Crippen molar-refractivity contribution in [1.29, 1.82) is 0 Å². The largest absolute Gasteiger partial charge is 0.454 e. The van der Waals surface area contributed by atoms with E-state index in [1.807, 2.05) is 54.6 Å². The summed E-state index contributed by atoms with van der Waals surface area (Å²) >= 11 is 6.29. The fourth-order valence-corrected chi connectivity index (χ4v) is 3.08. The Morgan fingerprint density at radius 3 is 2.63 bits per heavy atom. The number of halogens is 1. The lowest BCUT2D eigenvalue weighted by Crippen LogP contribution is -1.92. The SMILES string of the molecule is Clc1cc2c(cc1C=Nc1ccc3oc(-c4ccccc4)nc3c1)OCO2. The molecule has 1 aliphatic heterocycles. The minimum Gasteiger partial charge on any atom is -0.454 e. The predicted molar refractivity (Wildman–Crippen MR) is 104 cm³/mol. The Morgan fingerprint density at radius 1 is 0.963 bits per heavy atom. The Balaban J connectivity index is 1.46. The summed E-state index contributed by atoms with van der Waals surface area (Å²) in [5.41, 5.74) is 3.91. The minimum atomic E-state index is 0.207. The Hall–Kier alpha value is -3.31. The van der Waals surface area contributed by atoms with E-state index in [1.165, 1.54) is 0 Å². The maximum absolute atomic E-state index is 6.29. The van der Waals surface area contributed by atoms with E-state index in [4.69, 9.17) is 25.5 Å². The molecule has 0 radical (unpaired) electrons. The summed E-state index contributed by atoms with van der Waals surface area (Å²) in [4.78, 5) is 9.07. The molecule has 5 rings (SSSR count). The molecule has 132 valence electrons. The van der Waals surface area contributed by atoms with Gasteiger partial charge in [0.15, 0.2) is 17.1 Å². The molecule has 0 spiro atoms. The van der Waals surface area contributed by atoms with E-state index in [0.717, 1.165) is 22.3 Å². The van der Waals surface area contributed by atoms with Gasteiger partial charge in [-0.15, -0.1) is 0 Å². The van der Waals surface area contributed by atoms with E-state index in [9.17, 15) is 0 Å². The monoisotopic (exact) mass is 376 g/mol. The van der Waals surface area contributed by atoms with Crippen molar-refractivity contribution in [1.82, 2.24) is 4.98 Å². The van der Waals surface area contributed by atoms with Gasteiger partial charge in [0.25, 0.3) is 0 Å². The van der Waals surface area contributed by atoms with Crippen LogP contribution in [0.25, 0.3) is 22.6 Å². The number of hydrogen-bond donors (Lipinski definition) is 0. The molecule has 0 saturated heterocycles. The third kappa shape index (κ3) is 3.02. The van der Waals surface area contributed by atoms with Gasteiger partial charge in [-0.05, 0) is 36.4 Å². The van der Waals surface area contributed by atoms with Gasteiger partial charge in [0.05, 0.1) is 10.7 Å². The lowest BCUT2D eigenvalue weighted by Gasteiger charge is -2.01. The van der Waals surface area contributed by atoms with Crippen molar-refractivity contribution >= 4 is 34.6 Å². The first-order chi connectivity index (χ1) is 13.3. The highest BCUT2D eigenvalue weighted by atomic mass is 35.5. The van der Waals surface area contributed by atoms with Crippen molar-refractivity contribution in [3.05, 3.63) is 71.2 Å². The van der Waals surface area contributed by atoms with E-state index in [0.29, 0.717) is 28.0 Å². The molecule has 2 heterocycles. The Labute approximate surface area is 159 Å². The van der Waals surface area contributed by atoms with Crippen LogP contribution in [0.1, 0.15) is 5.56 Å². The van der Waals surface area contributed by atoms with Crippen LogP contribution in [0.2, 0.25) is 5.02 Å². The van der Waals surface area contributed by atoms with Gasteiger partial charge < -0.3 is 13.9 Å². The number of nitrogens with zero attached hydrogens (tertiary/aromatic N) is 2. The van der Waals surface area contributed by atoms with Crippen molar-refractivity contribution in [2.24, 2.45) is 4.99 Å². The highest BCUT2D eigenvalue weighted by Gasteiger charge is 2.15. The molecule has 1 aromatic heterocycles. The minimum absolute atomic E-state index is 0.207. The zero-order valence-corrected chi connectivity index (χ0v) is 14.8. The first-order valence-corrected chi connectivity index (χ1v) is 8.73. The maximum Gasteiger partial charge on any atom is 0.231 e. The molecule has 27 heavy (non-hydrogen) atoms. The zero-order valence-electron chi connectivity index (χ0n) is 14.1. The van der Waals surface area contributed by atoms with Crippen LogP contribution >= 0.6 is 11.6 Å². The molecular formula is C21H13ClN2O3. The van der Waals surface area contributed by atoms with Gasteiger partial charge in [-0.2, -0.15) is 0 Å². The summed E-state index contributed by atoms with van der Waals surface area (Å²) in [7, 11) is 0. The lowest BCUT2D eigenvalue weighted by atomic mass is 10.2. The maximum atomic E-state index is 6.29. The first-order valence-electron chi connectivity index (χ1n) is 8.35.